The molecule has 1 fully saturated rings. The van der Waals surface area contributed by atoms with Crippen molar-refractivity contribution in [2.75, 3.05) is 26.8 Å². The molecule has 1 atom stereocenters. The molecule has 22 heavy (non-hydrogen) atoms. The number of hydrogen-bond donors (Lipinski definition) is 2. The van der Waals surface area contributed by atoms with Crippen molar-refractivity contribution in [3.05, 3.63) is 35.4 Å². The van der Waals surface area contributed by atoms with Crippen LogP contribution in [0, 0.1) is 5.92 Å². The first kappa shape index (κ1) is 16.3. The van der Waals surface area contributed by atoms with Crippen LogP contribution >= 0.6 is 0 Å². The summed E-state index contributed by atoms with van der Waals surface area (Å²) in [4.78, 5) is 24.5. The van der Waals surface area contributed by atoms with Crippen LogP contribution in [-0.4, -0.2) is 48.8 Å². The smallest absolute Gasteiger partial charge is 0.335 e. The summed E-state index contributed by atoms with van der Waals surface area (Å²) in [6.45, 7) is 2.60. The Morgan fingerprint density at radius 2 is 2.09 bits per heavy atom. The largest absolute Gasteiger partial charge is 0.478 e. The number of hydrogen-bond acceptors (Lipinski definition) is 3. The van der Waals surface area contributed by atoms with Crippen LogP contribution in [0.3, 0.4) is 0 Å². The quantitative estimate of drug-likeness (QED) is 0.871. The second-order valence-electron chi connectivity index (χ2n) is 5.62. The van der Waals surface area contributed by atoms with E-state index in [4.69, 9.17) is 9.84 Å². The maximum Gasteiger partial charge on any atom is 0.335 e. The Hall–Kier alpha value is -2.08. The first-order valence-electron chi connectivity index (χ1n) is 7.45. The van der Waals surface area contributed by atoms with Crippen molar-refractivity contribution in [1.82, 2.24) is 10.2 Å². The minimum Gasteiger partial charge on any atom is -0.478 e. The van der Waals surface area contributed by atoms with Gasteiger partial charge in [-0.15, -0.1) is 0 Å². The number of urea groups is 1. The molecule has 0 spiro atoms. The molecule has 0 bridgehead atoms. The van der Waals surface area contributed by atoms with Crippen molar-refractivity contribution in [1.29, 1.82) is 0 Å². The first-order valence-corrected chi connectivity index (χ1v) is 7.45. The molecule has 1 aromatic carbocycles. The summed E-state index contributed by atoms with van der Waals surface area (Å²) in [5, 5.41) is 11.7. The van der Waals surface area contributed by atoms with Crippen molar-refractivity contribution in [3.63, 3.8) is 0 Å². The van der Waals surface area contributed by atoms with Gasteiger partial charge in [-0.2, -0.15) is 0 Å². The Kier molecular flexibility index (Phi) is 5.77. The molecule has 0 aromatic heterocycles. The summed E-state index contributed by atoms with van der Waals surface area (Å²) in [5.74, 6) is -0.552. The number of nitrogens with zero attached hydrogens (tertiary/aromatic N) is 1. The fourth-order valence-corrected chi connectivity index (χ4v) is 2.50. The minimum atomic E-state index is -0.954. The van der Waals surface area contributed by atoms with Crippen LogP contribution in [0.25, 0.3) is 0 Å². The van der Waals surface area contributed by atoms with Crippen molar-refractivity contribution in [2.45, 2.75) is 19.4 Å². The zero-order valence-electron chi connectivity index (χ0n) is 12.7. The molecule has 0 saturated carbocycles. The maximum absolute atomic E-state index is 12.0. The second kappa shape index (κ2) is 7.79. The summed E-state index contributed by atoms with van der Waals surface area (Å²) in [5.41, 5.74) is 1.11. The lowest BCUT2D eigenvalue weighted by atomic mass is 10.0. The molecule has 1 unspecified atom stereocenters. The highest BCUT2D eigenvalue weighted by Crippen LogP contribution is 2.14. The lowest BCUT2D eigenvalue weighted by molar-refractivity contribution is 0.0457. The van der Waals surface area contributed by atoms with Gasteiger partial charge in [-0.1, -0.05) is 12.1 Å². The van der Waals surface area contributed by atoms with E-state index in [-0.39, 0.29) is 11.6 Å². The predicted octanol–water partition coefficient (Wildman–Crippen LogP) is 1.95. The molecule has 6 nitrogen and oxygen atoms in total. The average molecular weight is 306 g/mol. The monoisotopic (exact) mass is 306 g/mol. The molecule has 1 aromatic rings. The van der Waals surface area contributed by atoms with Crippen LogP contribution in [0.15, 0.2) is 24.3 Å². The highest BCUT2D eigenvalue weighted by Gasteiger charge is 2.18. The molecular weight excluding hydrogens is 284 g/mol. The number of aromatic carboxylic acids is 1. The van der Waals surface area contributed by atoms with Crippen LogP contribution in [-0.2, 0) is 11.3 Å². The zero-order chi connectivity index (χ0) is 15.9. The Morgan fingerprint density at radius 3 is 2.68 bits per heavy atom. The number of carbonyl (C=O) groups is 2. The second-order valence-corrected chi connectivity index (χ2v) is 5.62. The van der Waals surface area contributed by atoms with Gasteiger partial charge in [-0.3, -0.25) is 0 Å². The molecule has 1 aliphatic heterocycles. The molecule has 6 heteroatoms. The van der Waals surface area contributed by atoms with E-state index < -0.39 is 5.97 Å². The molecule has 2 N–H and O–H groups in total. The van der Waals surface area contributed by atoms with Crippen LogP contribution < -0.4 is 5.32 Å². The summed E-state index contributed by atoms with van der Waals surface area (Å²) >= 11 is 0. The molecular formula is C16H22N2O4. The lowest BCUT2D eigenvalue weighted by Crippen LogP contribution is -2.41. The fraction of sp³-hybridized carbons (Fsp3) is 0.500. The standard InChI is InChI=1S/C16H22N2O4/c1-18(10-13-3-2-8-22-11-13)16(21)17-9-12-4-6-14(7-5-12)15(19)20/h4-7,13H,2-3,8-11H2,1H3,(H,17,21)(H,19,20). The lowest BCUT2D eigenvalue weighted by Gasteiger charge is -2.27. The highest BCUT2D eigenvalue weighted by atomic mass is 16.5. The molecule has 1 saturated heterocycles. The SMILES string of the molecule is CN(CC1CCCOC1)C(=O)NCc1ccc(C(=O)O)cc1. The highest BCUT2D eigenvalue weighted by molar-refractivity contribution is 5.87. The number of ether oxygens (including phenoxy) is 1. The summed E-state index contributed by atoms with van der Waals surface area (Å²) < 4.78 is 5.42. The molecule has 1 aliphatic rings. The van der Waals surface area contributed by atoms with Crippen LogP contribution in [0.1, 0.15) is 28.8 Å². The van der Waals surface area contributed by atoms with Gasteiger partial charge >= 0.3 is 12.0 Å². The van der Waals surface area contributed by atoms with Crippen molar-refractivity contribution in [3.8, 4) is 0 Å². The average Bonchev–Trinajstić information content (AvgIpc) is 2.53. The van der Waals surface area contributed by atoms with Crippen LogP contribution in [0.2, 0.25) is 0 Å². The number of nitrogens with one attached hydrogen (secondary N) is 1. The van der Waals surface area contributed by atoms with E-state index in [1.807, 2.05) is 0 Å². The van der Waals surface area contributed by atoms with Crippen molar-refractivity contribution in [2.24, 2.45) is 5.92 Å². The van der Waals surface area contributed by atoms with Gasteiger partial charge in [-0.05, 0) is 30.5 Å². The number of carboxylic acids is 1. The number of rotatable bonds is 5. The van der Waals surface area contributed by atoms with Crippen LogP contribution in [0.4, 0.5) is 4.79 Å². The molecule has 0 radical (unpaired) electrons. The van der Waals surface area contributed by atoms with E-state index in [9.17, 15) is 9.59 Å². The van der Waals surface area contributed by atoms with Gasteiger partial charge in [0.2, 0.25) is 0 Å². The fourth-order valence-electron chi connectivity index (χ4n) is 2.50. The van der Waals surface area contributed by atoms with Crippen molar-refractivity contribution >= 4 is 12.0 Å². The maximum atomic E-state index is 12.0. The normalized spacial score (nSPS) is 17.8. The third-order valence-electron chi connectivity index (χ3n) is 3.78. The Morgan fingerprint density at radius 1 is 1.36 bits per heavy atom. The third-order valence-corrected chi connectivity index (χ3v) is 3.78. The molecule has 120 valence electrons. The zero-order valence-corrected chi connectivity index (χ0v) is 12.7. The van der Waals surface area contributed by atoms with Crippen LogP contribution in [0.5, 0.6) is 0 Å². The first-order chi connectivity index (χ1) is 10.6. The van der Waals surface area contributed by atoms with Gasteiger partial charge in [-0.25, -0.2) is 9.59 Å². The van der Waals surface area contributed by atoms with Gasteiger partial charge in [0, 0.05) is 32.7 Å². The topological polar surface area (TPSA) is 78.9 Å². The van der Waals surface area contributed by atoms with Gasteiger partial charge in [0.05, 0.1) is 12.2 Å². The number of carbonyl (C=O) groups excluding carboxylic acids is 1. The van der Waals surface area contributed by atoms with E-state index in [0.29, 0.717) is 25.6 Å². The van der Waals surface area contributed by atoms with Crippen molar-refractivity contribution < 1.29 is 19.4 Å². The Balaban J connectivity index is 1.77. The van der Waals surface area contributed by atoms with E-state index in [1.54, 1.807) is 24.1 Å². The third kappa shape index (κ3) is 4.73. The molecule has 1 heterocycles. The molecule has 0 aliphatic carbocycles. The Bertz CT molecular complexity index is 509. The molecule has 2 rings (SSSR count). The van der Waals surface area contributed by atoms with E-state index in [0.717, 1.165) is 25.0 Å². The number of carboxylic acid groups (broad SMARTS) is 1. The number of amides is 2. The minimum absolute atomic E-state index is 0.132. The number of benzene rings is 1. The predicted molar refractivity (Wildman–Crippen MR) is 81.8 cm³/mol. The summed E-state index contributed by atoms with van der Waals surface area (Å²) in [6, 6.07) is 6.35. The van der Waals surface area contributed by atoms with Gasteiger partial charge < -0.3 is 20.1 Å². The van der Waals surface area contributed by atoms with E-state index in [1.165, 1.54) is 12.1 Å². The van der Waals surface area contributed by atoms with Gasteiger partial charge in [0.25, 0.3) is 0 Å². The van der Waals surface area contributed by atoms with Gasteiger partial charge in [0.15, 0.2) is 0 Å². The summed E-state index contributed by atoms with van der Waals surface area (Å²) in [6.07, 6.45) is 2.14. The molecule has 2 amide bonds. The van der Waals surface area contributed by atoms with E-state index >= 15 is 0 Å². The van der Waals surface area contributed by atoms with E-state index in [2.05, 4.69) is 5.32 Å². The van der Waals surface area contributed by atoms with Gasteiger partial charge in [0.1, 0.15) is 0 Å². The summed E-state index contributed by atoms with van der Waals surface area (Å²) in [7, 11) is 1.78. The Labute approximate surface area is 130 Å².